The molecule has 3 aromatic rings. The average Bonchev–Trinajstić information content (AvgIpc) is 3.11. The monoisotopic (exact) mass is 497 g/mol. The first-order valence-corrected chi connectivity index (χ1v) is 14.4. The highest BCUT2D eigenvalue weighted by Crippen LogP contribution is 2.37. The number of carbonyl (C=O) groups excluding carboxylic acids is 2. The van der Waals surface area contributed by atoms with Crippen LogP contribution in [0.1, 0.15) is 49.4 Å². The summed E-state index contributed by atoms with van der Waals surface area (Å²) < 4.78 is 13.7. The van der Waals surface area contributed by atoms with E-state index in [0.717, 1.165) is 5.69 Å². The van der Waals surface area contributed by atoms with E-state index >= 15 is 0 Å². The Morgan fingerprint density at radius 1 is 1.17 bits per heavy atom. The van der Waals surface area contributed by atoms with Gasteiger partial charge in [-0.3, -0.25) is 14.6 Å². The van der Waals surface area contributed by atoms with Crippen molar-refractivity contribution in [3.8, 4) is 5.75 Å². The maximum absolute atomic E-state index is 13.4. The first-order chi connectivity index (χ1) is 16.2. The fraction of sp³-hybridized carbons (Fsp3) is 0.440. The number of rotatable bonds is 9. The molecule has 0 saturated heterocycles. The summed E-state index contributed by atoms with van der Waals surface area (Å²) in [6.45, 7) is 14.1. The molecule has 1 unspecified atom stereocenters. The molecule has 2 amide bonds. The number of hydrogen-bond donors (Lipinski definition) is 2. The van der Waals surface area contributed by atoms with Crippen LogP contribution in [0.5, 0.6) is 5.75 Å². The maximum atomic E-state index is 13.4. The molecule has 0 spiro atoms. The number of ether oxygens (including phenoxy) is 1. The Kier molecular flexibility index (Phi) is 7.37. The molecule has 9 nitrogen and oxygen atoms in total. The van der Waals surface area contributed by atoms with Gasteiger partial charge < -0.3 is 20.2 Å². The molecule has 188 valence electrons. The van der Waals surface area contributed by atoms with Crippen molar-refractivity contribution in [2.24, 2.45) is 5.73 Å². The molecule has 0 fully saturated rings. The first kappa shape index (κ1) is 26.4. The van der Waals surface area contributed by atoms with E-state index in [4.69, 9.17) is 14.9 Å². The van der Waals surface area contributed by atoms with Gasteiger partial charge in [0.1, 0.15) is 17.9 Å². The van der Waals surface area contributed by atoms with Gasteiger partial charge in [-0.1, -0.05) is 26.8 Å². The number of hydrogen-bond acceptors (Lipinski definition) is 6. The standard InChI is InChI=1S/C25H35N5O4Si/c1-17-21(22(31)28-25(5,23(26)32)16-34-35(6,7)24(2,3)4)20-14-19(11-13-30(20)29-17)33-15-18-10-8-9-12-27-18/h8-14H,15-16H2,1-7H3,(H2,26,32)(H,28,31). The van der Waals surface area contributed by atoms with E-state index < -0.39 is 25.7 Å². The molecule has 0 aliphatic carbocycles. The van der Waals surface area contributed by atoms with Gasteiger partial charge in [0.2, 0.25) is 5.91 Å². The van der Waals surface area contributed by atoms with Crippen LogP contribution in [0, 0.1) is 6.92 Å². The number of nitrogens with one attached hydrogen (secondary N) is 1. The molecule has 0 radical (unpaired) electrons. The largest absolute Gasteiger partial charge is 0.487 e. The molecular formula is C25H35N5O4Si. The van der Waals surface area contributed by atoms with E-state index in [-0.39, 0.29) is 18.3 Å². The molecule has 3 rings (SSSR count). The number of carbonyl (C=O) groups is 2. The zero-order chi connectivity index (χ0) is 26.0. The molecule has 10 heteroatoms. The lowest BCUT2D eigenvalue weighted by Gasteiger charge is -2.39. The summed E-state index contributed by atoms with van der Waals surface area (Å²) in [6, 6.07) is 9.11. The van der Waals surface area contributed by atoms with Crippen LogP contribution in [0.3, 0.4) is 0 Å². The Morgan fingerprint density at radius 3 is 2.49 bits per heavy atom. The Labute approximate surface area is 207 Å². The normalized spacial score (nSPS) is 13.9. The molecule has 0 bridgehead atoms. The summed E-state index contributed by atoms with van der Waals surface area (Å²) in [7, 11) is -2.17. The molecular weight excluding hydrogens is 462 g/mol. The van der Waals surface area contributed by atoms with Crippen LogP contribution in [0.25, 0.3) is 5.52 Å². The summed E-state index contributed by atoms with van der Waals surface area (Å²) in [5, 5.41) is 7.19. The van der Waals surface area contributed by atoms with Crippen LogP contribution in [0.4, 0.5) is 0 Å². The van der Waals surface area contributed by atoms with E-state index in [2.05, 4.69) is 49.3 Å². The summed E-state index contributed by atoms with van der Waals surface area (Å²) >= 11 is 0. The zero-order valence-electron chi connectivity index (χ0n) is 21.5. The topological polar surface area (TPSA) is 121 Å². The van der Waals surface area contributed by atoms with Gasteiger partial charge in [-0.25, -0.2) is 4.52 Å². The molecule has 0 aromatic carbocycles. The third-order valence-electron chi connectivity index (χ3n) is 6.58. The molecule has 3 heterocycles. The van der Waals surface area contributed by atoms with Crippen molar-refractivity contribution in [1.29, 1.82) is 0 Å². The van der Waals surface area contributed by atoms with Crippen molar-refractivity contribution < 1.29 is 18.8 Å². The van der Waals surface area contributed by atoms with Gasteiger partial charge in [0.15, 0.2) is 8.32 Å². The second-order valence-electron chi connectivity index (χ2n) is 10.5. The predicted octanol–water partition coefficient (Wildman–Crippen LogP) is 3.61. The van der Waals surface area contributed by atoms with Crippen molar-refractivity contribution in [1.82, 2.24) is 19.9 Å². The highest BCUT2D eigenvalue weighted by molar-refractivity contribution is 6.74. The Hall–Kier alpha value is -3.24. The van der Waals surface area contributed by atoms with E-state index in [9.17, 15) is 9.59 Å². The molecule has 35 heavy (non-hydrogen) atoms. The van der Waals surface area contributed by atoms with E-state index in [1.807, 2.05) is 18.2 Å². The van der Waals surface area contributed by atoms with Crippen LogP contribution in [-0.2, 0) is 15.8 Å². The first-order valence-electron chi connectivity index (χ1n) is 11.5. The Bertz CT molecular complexity index is 1220. The van der Waals surface area contributed by atoms with E-state index in [1.54, 1.807) is 42.9 Å². The molecule has 3 N–H and O–H groups in total. The van der Waals surface area contributed by atoms with Crippen LogP contribution in [0.15, 0.2) is 42.7 Å². The number of primary amides is 1. The number of fused-ring (bicyclic) bond motifs is 1. The van der Waals surface area contributed by atoms with Gasteiger partial charge in [0.05, 0.1) is 29.1 Å². The number of aryl methyl sites for hydroxylation is 1. The van der Waals surface area contributed by atoms with Crippen LogP contribution in [0.2, 0.25) is 18.1 Å². The number of nitrogens with zero attached hydrogens (tertiary/aromatic N) is 3. The van der Waals surface area contributed by atoms with Gasteiger partial charge >= 0.3 is 0 Å². The highest BCUT2D eigenvalue weighted by atomic mass is 28.4. The number of aromatic nitrogens is 3. The van der Waals surface area contributed by atoms with Crippen molar-refractivity contribution in [3.05, 3.63) is 59.7 Å². The lowest BCUT2D eigenvalue weighted by molar-refractivity contribution is -0.124. The summed E-state index contributed by atoms with van der Waals surface area (Å²) in [5.41, 5.74) is 6.52. The van der Waals surface area contributed by atoms with Gasteiger partial charge in [0.25, 0.3) is 5.91 Å². The number of nitrogens with two attached hydrogens (primary N) is 1. The fourth-order valence-corrected chi connectivity index (χ4v) is 4.26. The zero-order valence-corrected chi connectivity index (χ0v) is 22.5. The lowest BCUT2D eigenvalue weighted by atomic mass is 10.0. The van der Waals surface area contributed by atoms with E-state index in [1.165, 1.54) is 0 Å². The molecule has 0 aliphatic heterocycles. The van der Waals surface area contributed by atoms with Crippen LogP contribution in [-0.4, -0.2) is 46.9 Å². The van der Waals surface area contributed by atoms with Gasteiger partial charge in [-0.2, -0.15) is 5.10 Å². The van der Waals surface area contributed by atoms with Crippen molar-refractivity contribution in [2.75, 3.05) is 6.61 Å². The third-order valence-corrected chi connectivity index (χ3v) is 11.1. The number of amides is 2. The molecule has 3 aromatic heterocycles. The quantitative estimate of drug-likeness (QED) is 0.436. The van der Waals surface area contributed by atoms with Crippen LogP contribution >= 0.6 is 0 Å². The Morgan fingerprint density at radius 2 is 1.89 bits per heavy atom. The predicted molar refractivity (Wildman–Crippen MR) is 137 cm³/mol. The lowest BCUT2D eigenvalue weighted by Crippen LogP contribution is -2.60. The van der Waals surface area contributed by atoms with Crippen molar-refractivity contribution >= 4 is 25.6 Å². The smallest absolute Gasteiger partial charge is 0.256 e. The minimum atomic E-state index is -2.17. The van der Waals surface area contributed by atoms with Crippen LogP contribution < -0.4 is 15.8 Å². The van der Waals surface area contributed by atoms with Crippen molar-refractivity contribution in [3.63, 3.8) is 0 Å². The summed E-state index contributed by atoms with van der Waals surface area (Å²) in [5.74, 6) is -0.561. The van der Waals surface area contributed by atoms with Gasteiger partial charge in [0, 0.05) is 18.5 Å². The molecule has 1 atom stereocenters. The highest BCUT2D eigenvalue weighted by Gasteiger charge is 2.42. The Balaban J connectivity index is 1.84. The minimum absolute atomic E-state index is 0.0126. The second kappa shape index (κ2) is 9.78. The summed E-state index contributed by atoms with van der Waals surface area (Å²) in [4.78, 5) is 30.1. The summed E-state index contributed by atoms with van der Waals surface area (Å²) in [6.07, 6.45) is 3.43. The fourth-order valence-electron chi connectivity index (χ4n) is 3.18. The van der Waals surface area contributed by atoms with E-state index in [0.29, 0.717) is 22.5 Å². The van der Waals surface area contributed by atoms with Gasteiger partial charge in [-0.15, -0.1) is 0 Å². The molecule has 0 aliphatic rings. The minimum Gasteiger partial charge on any atom is -0.487 e. The number of pyridine rings is 2. The molecule has 0 saturated carbocycles. The SMILES string of the molecule is Cc1nn2ccc(OCc3ccccn3)cc2c1C(=O)NC(C)(CO[Si](C)(C)C(C)(C)C)C(N)=O. The maximum Gasteiger partial charge on any atom is 0.256 e. The third kappa shape index (κ3) is 5.88. The van der Waals surface area contributed by atoms with Crippen molar-refractivity contribution in [2.45, 2.75) is 64.9 Å². The van der Waals surface area contributed by atoms with Gasteiger partial charge in [-0.05, 0) is 50.2 Å². The average molecular weight is 498 g/mol. The second-order valence-corrected chi connectivity index (χ2v) is 15.3.